The lowest BCUT2D eigenvalue weighted by Crippen LogP contribution is -2.15. The Morgan fingerprint density at radius 1 is 1.20 bits per heavy atom. The van der Waals surface area contributed by atoms with Crippen LogP contribution in [0.3, 0.4) is 0 Å². The van der Waals surface area contributed by atoms with E-state index in [1.54, 1.807) is 6.07 Å². The van der Waals surface area contributed by atoms with Crippen molar-refractivity contribution in [1.29, 1.82) is 0 Å². The summed E-state index contributed by atoms with van der Waals surface area (Å²) in [5.74, 6) is -0.181. The van der Waals surface area contributed by atoms with Crippen molar-refractivity contribution in [2.24, 2.45) is 0 Å². The molecule has 0 atom stereocenters. The van der Waals surface area contributed by atoms with Gasteiger partial charge in [0.15, 0.2) is 11.5 Å². The van der Waals surface area contributed by atoms with Crippen LogP contribution in [0.15, 0.2) is 42.5 Å². The summed E-state index contributed by atoms with van der Waals surface area (Å²) in [6.45, 7) is 4.39. The fourth-order valence-electron chi connectivity index (χ4n) is 2.42. The van der Waals surface area contributed by atoms with Crippen LogP contribution in [0.4, 0.5) is 11.5 Å². The summed E-state index contributed by atoms with van der Waals surface area (Å²) in [6, 6.07) is 13.0. The first kappa shape index (κ1) is 17.0. The highest BCUT2D eigenvalue weighted by Gasteiger charge is 2.18. The number of nitrogens with one attached hydrogen (secondary N) is 1. The molecule has 0 aliphatic heterocycles. The summed E-state index contributed by atoms with van der Waals surface area (Å²) >= 11 is 5.98. The van der Waals surface area contributed by atoms with E-state index in [0.29, 0.717) is 17.3 Å². The topological polar surface area (TPSA) is 85.8 Å². The molecule has 0 saturated carbocycles. The SMILES string of the molecule is Cc1ccc(NC(=O)c2nnn(Cc3cccc(Cl)c3)c2N)cc1C. The molecule has 0 aliphatic rings. The molecule has 3 aromatic rings. The number of hydrogen-bond donors (Lipinski definition) is 2. The number of rotatable bonds is 4. The van der Waals surface area contributed by atoms with Crippen molar-refractivity contribution >= 4 is 29.0 Å². The maximum absolute atomic E-state index is 12.4. The van der Waals surface area contributed by atoms with Gasteiger partial charge in [-0.05, 0) is 54.8 Å². The van der Waals surface area contributed by atoms with E-state index in [4.69, 9.17) is 17.3 Å². The molecular formula is C18H18ClN5O. The van der Waals surface area contributed by atoms with E-state index in [1.807, 2.05) is 50.2 Å². The lowest BCUT2D eigenvalue weighted by atomic mass is 10.1. The Balaban J connectivity index is 1.77. The van der Waals surface area contributed by atoms with Crippen LogP contribution in [-0.4, -0.2) is 20.9 Å². The molecule has 3 rings (SSSR count). The zero-order valence-corrected chi connectivity index (χ0v) is 14.7. The number of nitrogens with two attached hydrogens (primary N) is 1. The molecule has 0 unspecified atom stereocenters. The van der Waals surface area contributed by atoms with Crippen LogP contribution >= 0.6 is 11.6 Å². The van der Waals surface area contributed by atoms with Crippen molar-refractivity contribution in [3.8, 4) is 0 Å². The van der Waals surface area contributed by atoms with Crippen molar-refractivity contribution in [2.45, 2.75) is 20.4 Å². The van der Waals surface area contributed by atoms with E-state index in [-0.39, 0.29) is 11.5 Å². The van der Waals surface area contributed by atoms with Crippen molar-refractivity contribution < 1.29 is 4.79 Å². The summed E-state index contributed by atoms with van der Waals surface area (Å²) in [5, 5.41) is 11.3. The van der Waals surface area contributed by atoms with Gasteiger partial charge in [-0.25, -0.2) is 4.68 Å². The van der Waals surface area contributed by atoms with Crippen LogP contribution in [0.5, 0.6) is 0 Å². The number of amides is 1. The minimum absolute atomic E-state index is 0.0975. The Morgan fingerprint density at radius 3 is 2.72 bits per heavy atom. The smallest absolute Gasteiger partial charge is 0.280 e. The van der Waals surface area contributed by atoms with Gasteiger partial charge >= 0.3 is 0 Å². The molecule has 2 aromatic carbocycles. The lowest BCUT2D eigenvalue weighted by molar-refractivity contribution is 0.102. The summed E-state index contributed by atoms with van der Waals surface area (Å²) in [4.78, 5) is 12.4. The number of carbonyl (C=O) groups is 1. The quantitative estimate of drug-likeness (QED) is 0.750. The largest absolute Gasteiger partial charge is 0.382 e. The van der Waals surface area contributed by atoms with Crippen LogP contribution in [0.2, 0.25) is 5.02 Å². The molecule has 0 bridgehead atoms. The molecule has 0 saturated heterocycles. The molecule has 25 heavy (non-hydrogen) atoms. The summed E-state index contributed by atoms with van der Waals surface area (Å²) in [7, 11) is 0. The number of nitrogens with zero attached hydrogens (tertiary/aromatic N) is 3. The first-order valence-electron chi connectivity index (χ1n) is 7.76. The maximum atomic E-state index is 12.4. The molecule has 0 radical (unpaired) electrons. The lowest BCUT2D eigenvalue weighted by Gasteiger charge is -2.07. The number of aromatic nitrogens is 3. The van der Waals surface area contributed by atoms with Crippen LogP contribution in [-0.2, 0) is 6.54 Å². The fraction of sp³-hybridized carbons (Fsp3) is 0.167. The predicted octanol–water partition coefficient (Wildman–Crippen LogP) is 3.43. The minimum atomic E-state index is -0.391. The standard InChI is InChI=1S/C18H18ClN5O/c1-11-6-7-15(8-12(11)2)21-18(25)16-17(20)24(23-22-16)10-13-4-3-5-14(19)9-13/h3-9H,10,20H2,1-2H3,(H,21,25). The van der Waals surface area contributed by atoms with Gasteiger partial charge in [0.1, 0.15) is 0 Å². The zero-order chi connectivity index (χ0) is 18.0. The Bertz CT molecular complexity index is 935. The molecule has 1 amide bonds. The third-order valence-corrected chi connectivity index (χ3v) is 4.21. The van der Waals surface area contributed by atoms with Crippen LogP contribution in [0.1, 0.15) is 27.2 Å². The first-order valence-corrected chi connectivity index (χ1v) is 8.14. The second-order valence-electron chi connectivity index (χ2n) is 5.86. The van der Waals surface area contributed by atoms with E-state index in [0.717, 1.165) is 16.7 Å². The van der Waals surface area contributed by atoms with Crippen LogP contribution in [0, 0.1) is 13.8 Å². The number of anilines is 2. The first-order chi connectivity index (χ1) is 11.9. The molecule has 6 nitrogen and oxygen atoms in total. The second-order valence-corrected chi connectivity index (χ2v) is 6.30. The van der Waals surface area contributed by atoms with Gasteiger partial charge in [-0.1, -0.05) is 35.0 Å². The molecular weight excluding hydrogens is 338 g/mol. The van der Waals surface area contributed by atoms with Crippen molar-refractivity contribution in [1.82, 2.24) is 15.0 Å². The van der Waals surface area contributed by atoms with Gasteiger partial charge in [0, 0.05) is 10.7 Å². The third kappa shape index (κ3) is 3.80. The molecule has 7 heteroatoms. The van der Waals surface area contributed by atoms with Crippen molar-refractivity contribution in [2.75, 3.05) is 11.1 Å². The van der Waals surface area contributed by atoms with Gasteiger partial charge in [-0.15, -0.1) is 5.10 Å². The highest BCUT2D eigenvalue weighted by molar-refractivity contribution is 6.30. The maximum Gasteiger partial charge on any atom is 0.280 e. The van der Waals surface area contributed by atoms with E-state index < -0.39 is 5.91 Å². The predicted molar refractivity (Wildman–Crippen MR) is 98.9 cm³/mol. The van der Waals surface area contributed by atoms with Crippen LogP contribution < -0.4 is 11.1 Å². The van der Waals surface area contributed by atoms with Gasteiger partial charge in [0.2, 0.25) is 0 Å². The summed E-state index contributed by atoms with van der Waals surface area (Å²) < 4.78 is 1.47. The number of benzene rings is 2. The van der Waals surface area contributed by atoms with E-state index in [1.165, 1.54) is 4.68 Å². The molecule has 1 heterocycles. The number of carbonyl (C=O) groups excluding carboxylic acids is 1. The number of halogens is 1. The highest BCUT2D eigenvalue weighted by atomic mass is 35.5. The molecule has 128 valence electrons. The third-order valence-electron chi connectivity index (χ3n) is 3.97. The molecule has 0 spiro atoms. The molecule has 3 N–H and O–H groups in total. The highest BCUT2D eigenvalue weighted by Crippen LogP contribution is 2.18. The van der Waals surface area contributed by atoms with Crippen molar-refractivity contribution in [3.63, 3.8) is 0 Å². The average Bonchev–Trinajstić information content (AvgIpc) is 2.92. The van der Waals surface area contributed by atoms with Gasteiger partial charge < -0.3 is 11.1 Å². The van der Waals surface area contributed by atoms with Gasteiger partial charge in [-0.2, -0.15) is 0 Å². The summed E-state index contributed by atoms with van der Waals surface area (Å²) in [5.41, 5.74) is 10.0. The molecule has 1 aromatic heterocycles. The second kappa shape index (κ2) is 6.94. The molecule has 0 fully saturated rings. The van der Waals surface area contributed by atoms with E-state index in [2.05, 4.69) is 15.6 Å². The molecule has 0 aliphatic carbocycles. The van der Waals surface area contributed by atoms with Gasteiger partial charge in [0.25, 0.3) is 5.91 Å². The van der Waals surface area contributed by atoms with Gasteiger partial charge in [-0.3, -0.25) is 4.79 Å². The van der Waals surface area contributed by atoms with Crippen LogP contribution in [0.25, 0.3) is 0 Å². The number of nitrogen functional groups attached to an aromatic ring is 1. The average molecular weight is 356 g/mol. The Labute approximate surface area is 150 Å². The Kier molecular flexibility index (Phi) is 4.72. The summed E-state index contributed by atoms with van der Waals surface area (Å²) in [6.07, 6.45) is 0. The Morgan fingerprint density at radius 2 is 2.00 bits per heavy atom. The van der Waals surface area contributed by atoms with E-state index in [9.17, 15) is 4.79 Å². The van der Waals surface area contributed by atoms with Gasteiger partial charge in [0.05, 0.1) is 6.54 Å². The van der Waals surface area contributed by atoms with E-state index >= 15 is 0 Å². The number of hydrogen-bond acceptors (Lipinski definition) is 4. The van der Waals surface area contributed by atoms with Crippen molar-refractivity contribution in [3.05, 3.63) is 69.9 Å². The minimum Gasteiger partial charge on any atom is -0.382 e. The zero-order valence-electron chi connectivity index (χ0n) is 14.0. The fourth-order valence-corrected chi connectivity index (χ4v) is 2.63. The normalized spacial score (nSPS) is 10.7. The monoisotopic (exact) mass is 355 g/mol. The Hall–Kier alpha value is -2.86. The number of aryl methyl sites for hydroxylation is 2.